The van der Waals surface area contributed by atoms with E-state index in [-0.39, 0.29) is 24.4 Å². The van der Waals surface area contributed by atoms with Crippen LogP contribution in [0.15, 0.2) is 83.7 Å². The molecule has 0 saturated carbocycles. The highest BCUT2D eigenvalue weighted by atomic mass is 16.5. The lowest BCUT2D eigenvalue weighted by Crippen LogP contribution is -2.32. The molecule has 0 fully saturated rings. The van der Waals surface area contributed by atoms with Gasteiger partial charge in [-0.3, -0.25) is 9.59 Å². The van der Waals surface area contributed by atoms with Gasteiger partial charge in [0.1, 0.15) is 11.9 Å². The number of cyclic esters (lactones) is 1. The van der Waals surface area contributed by atoms with Crippen molar-refractivity contribution < 1.29 is 14.3 Å². The molecule has 7 heteroatoms. The minimum absolute atomic E-state index is 0.00734. The zero-order chi connectivity index (χ0) is 22.8. The van der Waals surface area contributed by atoms with Crippen molar-refractivity contribution in [3.63, 3.8) is 0 Å². The normalized spacial score (nSPS) is 14.7. The third-order valence-corrected chi connectivity index (χ3v) is 5.71. The number of H-pyrrole nitrogens is 1. The Hall–Kier alpha value is -4.26. The number of ether oxygens (including phenoxy) is 1. The van der Waals surface area contributed by atoms with Gasteiger partial charge in [-0.2, -0.15) is 0 Å². The Balaban J connectivity index is 1.43. The lowest BCUT2D eigenvalue weighted by molar-refractivity contribution is -0.134. The molecule has 0 saturated heterocycles. The van der Waals surface area contributed by atoms with Gasteiger partial charge in [-0.25, -0.2) is 9.78 Å². The maximum atomic E-state index is 13.4. The van der Waals surface area contributed by atoms with Crippen LogP contribution in [-0.2, 0) is 22.6 Å². The summed E-state index contributed by atoms with van der Waals surface area (Å²) in [4.78, 5) is 47.0. The van der Waals surface area contributed by atoms with Gasteiger partial charge in [0.15, 0.2) is 0 Å². The van der Waals surface area contributed by atoms with E-state index in [0.717, 1.165) is 5.56 Å². The van der Waals surface area contributed by atoms with Gasteiger partial charge in [0, 0.05) is 12.1 Å². The molecule has 164 valence electrons. The summed E-state index contributed by atoms with van der Waals surface area (Å²) in [6.07, 6.45) is -0.629. The highest BCUT2D eigenvalue weighted by Gasteiger charge is 2.33. The molecule has 1 aliphatic rings. The monoisotopic (exact) mass is 439 g/mol. The number of fused-ring (bicyclic) bond motifs is 2. The zero-order valence-electron chi connectivity index (χ0n) is 17.7. The van der Waals surface area contributed by atoms with Crippen molar-refractivity contribution in [2.45, 2.75) is 25.6 Å². The minimum atomic E-state index is -0.636. The number of amides is 1. The molecular formula is C26H21N3O4. The number of para-hydroxylation sites is 1. The van der Waals surface area contributed by atoms with Crippen LogP contribution in [0.2, 0.25) is 0 Å². The molecule has 1 unspecified atom stereocenters. The Kier molecular flexibility index (Phi) is 5.44. The predicted octanol–water partition coefficient (Wildman–Crippen LogP) is 3.75. The van der Waals surface area contributed by atoms with E-state index in [1.54, 1.807) is 35.2 Å². The topological polar surface area (TPSA) is 92.4 Å². The molecular weight excluding hydrogens is 418 g/mol. The van der Waals surface area contributed by atoms with Crippen LogP contribution in [0.1, 0.15) is 39.8 Å². The fourth-order valence-electron chi connectivity index (χ4n) is 4.09. The number of carbonyl (C=O) groups excluding carboxylic acids is 2. The number of aromatic amines is 1. The second kappa shape index (κ2) is 8.70. The van der Waals surface area contributed by atoms with Crippen LogP contribution in [0.3, 0.4) is 0 Å². The van der Waals surface area contributed by atoms with E-state index < -0.39 is 12.1 Å². The third kappa shape index (κ3) is 4.25. The summed E-state index contributed by atoms with van der Waals surface area (Å²) in [5.41, 5.74) is 2.47. The molecule has 4 aromatic rings. The Labute approximate surface area is 189 Å². The molecule has 1 atom stereocenters. The SMILES string of the molecule is O=C1OC(CC(=O)N(Cc2ccccc2)Cc2nc3ccccc3c(=O)[nH]2)c2ccccc21. The van der Waals surface area contributed by atoms with Crippen LogP contribution in [0, 0.1) is 0 Å². The van der Waals surface area contributed by atoms with Crippen molar-refractivity contribution >= 4 is 22.8 Å². The van der Waals surface area contributed by atoms with E-state index in [1.165, 1.54) is 0 Å². The lowest BCUT2D eigenvalue weighted by Gasteiger charge is -2.24. The van der Waals surface area contributed by atoms with Crippen molar-refractivity contribution in [1.29, 1.82) is 0 Å². The maximum Gasteiger partial charge on any atom is 0.339 e. The van der Waals surface area contributed by atoms with Crippen molar-refractivity contribution in [2.24, 2.45) is 0 Å². The van der Waals surface area contributed by atoms with Crippen molar-refractivity contribution in [3.05, 3.63) is 112 Å². The summed E-state index contributed by atoms with van der Waals surface area (Å²) in [5, 5.41) is 0.497. The van der Waals surface area contributed by atoms with Crippen molar-refractivity contribution in [1.82, 2.24) is 14.9 Å². The quantitative estimate of drug-likeness (QED) is 0.462. The van der Waals surface area contributed by atoms with Gasteiger partial charge in [-0.05, 0) is 23.8 Å². The number of nitrogens with one attached hydrogen (secondary N) is 1. The molecule has 3 aromatic carbocycles. The number of esters is 1. The van der Waals surface area contributed by atoms with Crippen LogP contribution in [0.25, 0.3) is 10.9 Å². The first-order valence-electron chi connectivity index (χ1n) is 10.7. The van der Waals surface area contributed by atoms with E-state index in [4.69, 9.17) is 4.74 Å². The first kappa shape index (κ1) is 20.6. The molecule has 0 aliphatic carbocycles. The molecule has 0 bridgehead atoms. The van der Waals surface area contributed by atoms with Gasteiger partial charge in [0.2, 0.25) is 5.91 Å². The highest BCUT2D eigenvalue weighted by molar-refractivity contribution is 5.94. The number of benzene rings is 3. The molecule has 1 amide bonds. The smallest absolute Gasteiger partial charge is 0.339 e. The number of hydrogen-bond donors (Lipinski definition) is 1. The molecule has 0 spiro atoms. The molecule has 7 nitrogen and oxygen atoms in total. The molecule has 33 heavy (non-hydrogen) atoms. The van der Waals surface area contributed by atoms with Crippen molar-refractivity contribution in [2.75, 3.05) is 0 Å². The largest absolute Gasteiger partial charge is 0.453 e. The summed E-state index contributed by atoms with van der Waals surface area (Å²) in [6.45, 7) is 0.453. The van der Waals surface area contributed by atoms with E-state index in [9.17, 15) is 14.4 Å². The standard InChI is InChI=1S/C26H21N3O4/c30-24(14-22-18-10-4-5-11-19(18)26(32)33-22)29(15-17-8-2-1-3-9-17)16-23-27-21-13-7-6-12-20(21)25(31)28-23/h1-13,22H,14-16H2,(H,27,28,31). The first-order chi connectivity index (χ1) is 16.1. The second-order valence-electron chi connectivity index (χ2n) is 7.95. The van der Waals surface area contributed by atoms with Gasteiger partial charge in [0.05, 0.1) is 29.4 Å². The minimum Gasteiger partial charge on any atom is -0.453 e. The lowest BCUT2D eigenvalue weighted by atomic mass is 10.0. The maximum absolute atomic E-state index is 13.4. The fourth-order valence-corrected chi connectivity index (χ4v) is 4.09. The number of nitrogens with zero attached hydrogens (tertiary/aromatic N) is 2. The highest BCUT2D eigenvalue weighted by Crippen LogP contribution is 2.33. The van der Waals surface area contributed by atoms with E-state index in [1.807, 2.05) is 48.5 Å². The molecule has 1 aromatic heterocycles. The zero-order valence-corrected chi connectivity index (χ0v) is 17.7. The fraction of sp³-hybridized carbons (Fsp3) is 0.154. The summed E-state index contributed by atoms with van der Waals surface area (Å²) < 4.78 is 5.47. The molecule has 0 radical (unpaired) electrons. The van der Waals surface area contributed by atoms with Gasteiger partial charge < -0.3 is 14.6 Å². The molecule has 2 heterocycles. The molecule has 1 aliphatic heterocycles. The van der Waals surface area contributed by atoms with E-state index in [2.05, 4.69) is 9.97 Å². The van der Waals surface area contributed by atoms with Gasteiger partial charge >= 0.3 is 5.97 Å². The molecule has 5 rings (SSSR count). The predicted molar refractivity (Wildman–Crippen MR) is 122 cm³/mol. The number of aromatic nitrogens is 2. The summed E-state index contributed by atoms with van der Waals surface area (Å²) in [6, 6.07) is 23.8. The average Bonchev–Trinajstić information content (AvgIpc) is 3.15. The van der Waals surface area contributed by atoms with Crippen LogP contribution in [0.5, 0.6) is 0 Å². The second-order valence-corrected chi connectivity index (χ2v) is 7.95. The summed E-state index contributed by atoms with van der Waals surface area (Å²) in [5.74, 6) is -0.227. The number of rotatable bonds is 6. The first-order valence-corrected chi connectivity index (χ1v) is 10.7. The van der Waals surface area contributed by atoms with Gasteiger partial charge in [0.25, 0.3) is 5.56 Å². The van der Waals surface area contributed by atoms with Crippen LogP contribution >= 0.6 is 0 Å². The molecule has 1 N–H and O–H groups in total. The van der Waals surface area contributed by atoms with Crippen LogP contribution in [0.4, 0.5) is 0 Å². The van der Waals surface area contributed by atoms with Crippen LogP contribution in [-0.4, -0.2) is 26.7 Å². The summed E-state index contributed by atoms with van der Waals surface area (Å²) >= 11 is 0. The Bertz CT molecular complexity index is 1400. The Morgan fingerprint density at radius 3 is 2.48 bits per heavy atom. The van der Waals surface area contributed by atoms with E-state index in [0.29, 0.717) is 34.4 Å². The van der Waals surface area contributed by atoms with Crippen LogP contribution < -0.4 is 5.56 Å². The van der Waals surface area contributed by atoms with Gasteiger partial charge in [-0.15, -0.1) is 0 Å². The number of hydrogen-bond acceptors (Lipinski definition) is 5. The average molecular weight is 439 g/mol. The summed E-state index contributed by atoms with van der Waals surface area (Å²) in [7, 11) is 0. The van der Waals surface area contributed by atoms with Crippen molar-refractivity contribution in [3.8, 4) is 0 Å². The van der Waals surface area contributed by atoms with Gasteiger partial charge in [-0.1, -0.05) is 60.7 Å². The van der Waals surface area contributed by atoms with E-state index >= 15 is 0 Å². The Morgan fingerprint density at radius 1 is 0.909 bits per heavy atom. The number of carbonyl (C=O) groups is 2. The Morgan fingerprint density at radius 2 is 1.64 bits per heavy atom. The third-order valence-electron chi connectivity index (χ3n) is 5.71.